The zero-order valence-corrected chi connectivity index (χ0v) is 13.6. The van der Waals surface area contributed by atoms with E-state index in [9.17, 15) is 4.79 Å². The Hall–Kier alpha value is -2.11. The van der Waals surface area contributed by atoms with Crippen LogP contribution >= 0.6 is 0 Å². The molecule has 0 unspecified atom stereocenters. The van der Waals surface area contributed by atoms with Gasteiger partial charge in [-0.05, 0) is 32.9 Å². The molecule has 0 bridgehead atoms. The fourth-order valence-corrected chi connectivity index (χ4v) is 2.15. The molecule has 1 aliphatic heterocycles. The van der Waals surface area contributed by atoms with E-state index in [1.165, 1.54) is 0 Å². The van der Waals surface area contributed by atoms with Crippen molar-refractivity contribution in [2.75, 3.05) is 32.5 Å². The monoisotopic (exact) mass is 308 g/mol. The average molecular weight is 308 g/mol. The van der Waals surface area contributed by atoms with E-state index >= 15 is 0 Å². The van der Waals surface area contributed by atoms with Crippen LogP contribution in [0.15, 0.2) is 18.2 Å². The Morgan fingerprint density at radius 1 is 1.36 bits per heavy atom. The van der Waals surface area contributed by atoms with Gasteiger partial charge in [0.15, 0.2) is 0 Å². The van der Waals surface area contributed by atoms with Crippen molar-refractivity contribution < 1.29 is 19.0 Å². The van der Waals surface area contributed by atoms with Gasteiger partial charge in [-0.1, -0.05) is 0 Å². The molecule has 6 nitrogen and oxygen atoms in total. The molecule has 1 aromatic rings. The molecule has 6 heteroatoms. The van der Waals surface area contributed by atoms with Gasteiger partial charge in [0.2, 0.25) is 0 Å². The van der Waals surface area contributed by atoms with Gasteiger partial charge in [-0.2, -0.15) is 0 Å². The van der Waals surface area contributed by atoms with E-state index < -0.39 is 5.60 Å². The maximum atomic E-state index is 11.8. The topological polar surface area (TPSA) is 74.0 Å². The second-order valence-electron chi connectivity index (χ2n) is 6.47. The van der Waals surface area contributed by atoms with Gasteiger partial charge in [0.25, 0.3) is 0 Å². The van der Waals surface area contributed by atoms with Crippen LogP contribution in [-0.2, 0) is 4.74 Å². The molecule has 1 saturated heterocycles. The number of nitrogens with two attached hydrogens (primary N) is 1. The minimum absolute atomic E-state index is 0.266. The largest absolute Gasteiger partial charge is 0.494 e. The van der Waals surface area contributed by atoms with E-state index in [0.717, 1.165) is 0 Å². The number of carbonyl (C=O) groups is 1. The molecule has 122 valence electrons. The standard InChI is InChI=1S/C16H24N2O4/c1-16(2,3)22-15(19)18-8-11(9-18)10-21-12-5-6-13(17)14(7-12)20-4/h5-7,11H,8-10,17H2,1-4H3. The number of ether oxygens (including phenoxy) is 3. The van der Waals surface area contributed by atoms with Gasteiger partial charge in [-0.3, -0.25) is 0 Å². The smallest absolute Gasteiger partial charge is 0.410 e. The summed E-state index contributed by atoms with van der Waals surface area (Å²) in [7, 11) is 1.57. The van der Waals surface area contributed by atoms with Crippen molar-refractivity contribution in [3.63, 3.8) is 0 Å². The Morgan fingerprint density at radius 3 is 2.64 bits per heavy atom. The van der Waals surface area contributed by atoms with Crippen LogP contribution in [0.2, 0.25) is 0 Å². The van der Waals surface area contributed by atoms with Crippen molar-refractivity contribution in [1.29, 1.82) is 0 Å². The first-order valence-corrected chi connectivity index (χ1v) is 7.33. The number of anilines is 1. The van der Waals surface area contributed by atoms with Gasteiger partial charge in [0, 0.05) is 25.1 Å². The molecule has 2 N–H and O–H groups in total. The van der Waals surface area contributed by atoms with Gasteiger partial charge in [-0.25, -0.2) is 4.79 Å². The van der Waals surface area contributed by atoms with E-state index in [1.807, 2.05) is 26.8 Å². The summed E-state index contributed by atoms with van der Waals surface area (Å²) in [5.74, 6) is 1.62. The number of nitrogen functional groups attached to an aromatic ring is 1. The van der Waals surface area contributed by atoms with Crippen LogP contribution in [0.25, 0.3) is 0 Å². The molecule has 0 aliphatic carbocycles. The van der Waals surface area contributed by atoms with Crippen LogP contribution in [0.3, 0.4) is 0 Å². The minimum Gasteiger partial charge on any atom is -0.494 e. The molecule has 0 saturated carbocycles. The van der Waals surface area contributed by atoms with Gasteiger partial charge < -0.3 is 24.8 Å². The highest BCUT2D eigenvalue weighted by molar-refractivity contribution is 5.69. The molecule has 22 heavy (non-hydrogen) atoms. The molecule has 0 radical (unpaired) electrons. The Morgan fingerprint density at radius 2 is 2.05 bits per heavy atom. The van der Waals surface area contributed by atoms with E-state index in [-0.39, 0.29) is 6.09 Å². The van der Waals surface area contributed by atoms with Crippen LogP contribution < -0.4 is 15.2 Å². The SMILES string of the molecule is COc1cc(OCC2CN(C(=O)OC(C)(C)C)C2)ccc1N. The van der Waals surface area contributed by atoms with E-state index in [1.54, 1.807) is 24.1 Å². The Kier molecular flexibility index (Phi) is 4.68. The quantitative estimate of drug-likeness (QED) is 0.865. The normalized spacial score (nSPS) is 15.2. The van der Waals surface area contributed by atoms with E-state index in [2.05, 4.69) is 0 Å². The molecule has 1 fully saturated rings. The Balaban J connectivity index is 1.75. The zero-order chi connectivity index (χ0) is 16.3. The van der Waals surface area contributed by atoms with E-state index in [4.69, 9.17) is 19.9 Å². The van der Waals surface area contributed by atoms with Crippen LogP contribution in [0.1, 0.15) is 20.8 Å². The van der Waals surface area contributed by atoms with Crippen molar-refractivity contribution >= 4 is 11.8 Å². The average Bonchev–Trinajstić information content (AvgIpc) is 2.36. The number of hydrogen-bond donors (Lipinski definition) is 1. The lowest BCUT2D eigenvalue weighted by Gasteiger charge is -2.39. The fraction of sp³-hybridized carbons (Fsp3) is 0.562. The first kappa shape index (κ1) is 16.3. The highest BCUT2D eigenvalue weighted by Gasteiger charge is 2.34. The lowest BCUT2D eigenvalue weighted by atomic mass is 10.0. The van der Waals surface area contributed by atoms with Crippen molar-refractivity contribution in [3.8, 4) is 11.5 Å². The third kappa shape index (κ3) is 4.19. The maximum Gasteiger partial charge on any atom is 0.410 e. The first-order chi connectivity index (χ1) is 10.3. The number of amides is 1. The lowest BCUT2D eigenvalue weighted by Crippen LogP contribution is -2.53. The lowest BCUT2D eigenvalue weighted by molar-refractivity contribution is -0.00781. The minimum atomic E-state index is -0.459. The number of carbonyl (C=O) groups excluding carboxylic acids is 1. The number of hydrogen-bond acceptors (Lipinski definition) is 5. The number of nitrogens with zero attached hydrogens (tertiary/aromatic N) is 1. The zero-order valence-electron chi connectivity index (χ0n) is 13.6. The van der Waals surface area contributed by atoms with Crippen molar-refractivity contribution in [2.45, 2.75) is 26.4 Å². The molecule has 1 aromatic carbocycles. The van der Waals surface area contributed by atoms with Gasteiger partial charge >= 0.3 is 6.09 Å². The molecular weight excluding hydrogens is 284 g/mol. The van der Waals surface area contributed by atoms with Crippen molar-refractivity contribution in [2.24, 2.45) is 5.92 Å². The molecule has 0 spiro atoms. The van der Waals surface area contributed by atoms with Crippen LogP contribution in [-0.4, -0.2) is 43.4 Å². The van der Waals surface area contributed by atoms with Gasteiger partial charge in [0.1, 0.15) is 17.1 Å². The third-order valence-corrected chi connectivity index (χ3v) is 3.30. The fourth-order valence-electron chi connectivity index (χ4n) is 2.15. The van der Waals surface area contributed by atoms with Crippen LogP contribution in [0, 0.1) is 5.92 Å². The Labute approximate surface area is 131 Å². The predicted octanol–water partition coefficient (Wildman–Crippen LogP) is 2.52. The molecule has 0 atom stereocenters. The summed E-state index contributed by atoms with van der Waals surface area (Å²) >= 11 is 0. The number of methoxy groups -OCH3 is 1. The summed E-state index contributed by atoms with van der Waals surface area (Å²) < 4.78 is 16.2. The number of benzene rings is 1. The predicted molar refractivity (Wildman–Crippen MR) is 84.2 cm³/mol. The number of likely N-dealkylation sites (tertiary alicyclic amines) is 1. The molecule has 1 amide bonds. The maximum absolute atomic E-state index is 11.8. The first-order valence-electron chi connectivity index (χ1n) is 7.33. The van der Waals surface area contributed by atoms with Crippen molar-refractivity contribution in [3.05, 3.63) is 18.2 Å². The second kappa shape index (κ2) is 6.34. The summed E-state index contributed by atoms with van der Waals surface area (Å²) in [5, 5.41) is 0. The summed E-state index contributed by atoms with van der Waals surface area (Å²) in [6.07, 6.45) is -0.266. The molecule has 1 aliphatic rings. The van der Waals surface area contributed by atoms with Crippen molar-refractivity contribution in [1.82, 2.24) is 4.90 Å². The molecule has 0 aromatic heterocycles. The number of rotatable bonds is 4. The van der Waals surface area contributed by atoms with Gasteiger partial charge in [-0.15, -0.1) is 0 Å². The summed E-state index contributed by atoms with van der Waals surface area (Å²) in [4.78, 5) is 13.5. The van der Waals surface area contributed by atoms with Gasteiger partial charge in [0.05, 0.1) is 19.4 Å². The summed E-state index contributed by atoms with van der Waals surface area (Å²) in [6, 6.07) is 5.32. The highest BCUT2D eigenvalue weighted by atomic mass is 16.6. The van der Waals surface area contributed by atoms with Crippen LogP contribution in [0.5, 0.6) is 11.5 Å². The molecule has 1 heterocycles. The highest BCUT2D eigenvalue weighted by Crippen LogP contribution is 2.27. The molecular formula is C16H24N2O4. The second-order valence-corrected chi connectivity index (χ2v) is 6.47. The summed E-state index contributed by atoms with van der Waals surface area (Å²) in [6.45, 7) is 7.44. The van der Waals surface area contributed by atoms with E-state index in [0.29, 0.717) is 42.8 Å². The summed E-state index contributed by atoms with van der Waals surface area (Å²) in [5.41, 5.74) is 5.88. The Bertz CT molecular complexity index is 533. The van der Waals surface area contributed by atoms with Crippen LogP contribution in [0.4, 0.5) is 10.5 Å². The third-order valence-electron chi connectivity index (χ3n) is 3.30. The molecule has 2 rings (SSSR count).